The Morgan fingerprint density at radius 2 is 1.89 bits per heavy atom. The van der Waals surface area contributed by atoms with Crippen molar-refractivity contribution >= 4 is 17.3 Å². The average molecular weight is 382 g/mol. The highest BCUT2D eigenvalue weighted by molar-refractivity contribution is 5.91. The van der Waals surface area contributed by atoms with Gasteiger partial charge in [-0.15, -0.1) is 0 Å². The van der Waals surface area contributed by atoms with E-state index in [0.717, 1.165) is 5.56 Å². The second-order valence-electron chi connectivity index (χ2n) is 6.01. The van der Waals surface area contributed by atoms with Crippen LogP contribution in [0.2, 0.25) is 0 Å². The molecule has 3 aromatic rings. The molecule has 0 atom stereocenters. The molecule has 1 amide bonds. The summed E-state index contributed by atoms with van der Waals surface area (Å²) >= 11 is 0. The third kappa shape index (κ3) is 4.85. The molecule has 1 N–H and O–H groups in total. The summed E-state index contributed by atoms with van der Waals surface area (Å²) in [4.78, 5) is 22.9. The first kappa shape index (κ1) is 18.9. The summed E-state index contributed by atoms with van der Waals surface area (Å²) in [6, 6.07) is 10.8. The minimum absolute atomic E-state index is 0.00873. The molecule has 2 aromatic carbocycles. The minimum atomic E-state index is -0.548. The third-order valence-electron chi connectivity index (χ3n) is 3.75. The van der Waals surface area contributed by atoms with Crippen molar-refractivity contribution in [1.29, 1.82) is 0 Å². The number of nitrogens with zero attached hydrogens (tertiary/aromatic N) is 3. The second-order valence-corrected chi connectivity index (χ2v) is 6.01. The van der Waals surface area contributed by atoms with Gasteiger partial charge in [0, 0.05) is 18.3 Å². The Bertz CT molecular complexity index is 998. The number of carbonyl (C=O) groups excluding carboxylic acids is 1. The van der Waals surface area contributed by atoms with Crippen LogP contribution in [-0.4, -0.2) is 27.7 Å². The van der Waals surface area contributed by atoms with E-state index in [1.165, 1.54) is 22.9 Å². The van der Waals surface area contributed by atoms with Gasteiger partial charge in [0.15, 0.2) is 0 Å². The lowest BCUT2D eigenvalue weighted by Crippen LogP contribution is -2.19. The zero-order valence-corrected chi connectivity index (χ0v) is 15.3. The zero-order valence-electron chi connectivity index (χ0n) is 15.3. The van der Waals surface area contributed by atoms with Crippen molar-refractivity contribution < 1.29 is 19.2 Å². The number of nitro groups is 1. The molecular weight excluding hydrogens is 364 g/mol. The first-order valence-electron chi connectivity index (χ1n) is 8.33. The van der Waals surface area contributed by atoms with Crippen LogP contribution in [0.5, 0.6) is 17.2 Å². The van der Waals surface area contributed by atoms with Crippen LogP contribution in [0.1, 0.15) is 5.56 Å². The van der Waals surface area contributed by atoms with Gasteiger partial charge in [-0.05, 0) is 36.8 Å². The predicted octanol–water partition coefficient (Wildman–Crippen LogP) is 3.54. The van der Waals surface area contributed by atoms with Crippen molar-refractivity contribution in [3.63, 3.8) is 0 Å². The van der Waals surface area contributed by atoms with Crippen LogP contribution in [0.3, 0.4) is 0 Å². The fourth-order valence-corrected chi connectivity index (χ4v) is 2.50. The zero-order chi connectivity index (χ0) is 20.1. The van der Waals surface area contributed by atoms with E-state index in [1.54, 1.807) is 43.8 Å². The van der Waals surface area contributed by atoms with E-state index in [2.05, 4.69) is 10.4 Å². The lowest BCUT2D eigenvalue weighted by atomic mass is 10.2. The first-order chi connectivity index (χ1) is 13.4. The molecule has 144 valence electrons. The van der Waals surface area contributed by atoms with Gasteiger partial charge >= 0.3 is 0 Å². The molecule has 0 aliphatic carbocycles. The number of non-ortho nitro benzene ring substituents is 1. The molecule has 0 saturated heterocycles. The summed E-state index contributed by atoms with van der Waals surface area (Å²) in [5.74, 6) is 1.00. The highest BCUT2D eigenvalue weighted by atomic mass is 16.6. The number of aryl methyl sites for hydroxylation is 1. The number of nitrogens with one attached hydrogen (secondary N) is 1. The molecule has 0 spiro atoms. The van der Waals surface area contributed by atoms with Crippen molar-refractivity contribution in [2.75, 3.05) is 12.4 Å². The molecule has 0 unspecified atom stereocenters. The Morgan fingerprint density at radius 1 is 1.18 bits per heavy atom. The summed E-state index contributed by atoms with van der Waals surface area (Å²) in [6.07, 6.45) is 3.37. The second kappa shape index (κ2) is 8.21. The van der Waals surface area contributed by atoms with Crippen LogP contribution in [0.4, 0.5) is 11.4 Å². The number of benzene rings is 2. The Morgan fingerprint density at radius 3 is 2.50 bits per heavy atom. The van der Waals surface area contributed by atoms with Gasteiger partial charge in [0.1, 0.15) is 23.8 Å². The topological polar surface area (TPSA) is 109 Å². The van der Waals surface area contributed by atoms with Gasteiger partial charge in [0.05, 0.1) is 30.0 Å². The van der Waals surface area contributed by atoms with E-state index in [-0.39, 0.29) is 29.6 Å². The van der Waals surface area contributed by atoms with Crippen LogP contribution < -0.4 is 14.8 Å². The Kier molecular flexibility index (Phi) is 5.54. The Labute approximate surface area is 160 Å². The van der Waals surface area contributed by atoms with E-state index in [1.807, 2.05) is 6.92 Å². The van der Waals surface area contributed by atoms with Crippen LogP contribution >= 0.6 is 0 Å². The normalized spacial score (nSPS) is 10.4. The van der Waals surface area contributed by atoms with Crippen molar-refractivity contribution in [3.8, 4) is 17.2 Å². The van der Waals surface area contributed by atoms with Gasteiger partial charge < -0.3 is 14.8 Å². The number of carbonyl (C=O) groups is 1. The largest absolute Gasteiger partial charge is 0.497 e. The summed E-state index contributed by atoms with van der Waals surface area (Å²) in [7, 11) is 1.55. The lowest BCUT2D eigenvalue weighted by molar-refractivity contribution is -0.384. The van der Waals surface area contributed by atoms with Gasteiger partial charge in [0.25, 0.3) is 5.69 Å². The lowest BCUT2D eigenvalue weighted by Gasteiger charge is -2.10. The Hall–Kier alpha value is -3.88. The van der Waals surface area contributed by atoms with Gasteiger partial charge in [-0.25, -0.2) is 0 Å². The molecule has 9 heteroatoms. The molecule has 0 radical (unpaired) electrons. The van der Waals surface area contributed by atoms with Gasteiger partial charge in [-0.2, -0.15) is 5.10 Å². The number of amides is 1. The quantitative estimate of drug-likeness (QED) is 0.494. The molecule has 3 rings (SSSR count). The average Bonchev–Trinajstić information content (AvgIpc) is 3.06. The van der Waals surface area contributed by atoms with E-state index in [9.17, 15) is 14.9 Å². The summed E-state index contributed by atoms with van der Waals surface area (Å²) < 4.78 is 12.3. The monoisotopic (exact) mass is 382 g/mol. The number of anilines is 1. The minimum Gasteiger partial charge on any atom is -0.497 e. The van der Waals surface area contributed by atoms with Crippen molar-refractivity contribution in [3.05, 3.63) is 70.5 Å². The van der Waals surface area contributed by atoms with Gasteiger partial charge in [0.2, 0.25) is 5.91 Å². The number of hydrogen-bond acceptors (Lipinski definition) is 6. The number of hydrogen-bond donors (Lipinski definition) is 1. The van der Waals surface area contributed by atoms with Crippen molar-refractivity contribution in [2.45, 2.75) is 13.5 Å². The molecule has 9 nitrogen and oxygen atoms in total. The molecule has 0 aliphatic heterocycles. The van der Waals surface area contributed by atoms with E-state index >= 15 is 0 Å². The smallest absolute Gasteiger partial charge is 0.275 e. The Balaban J connectivity index is 1.78. The number of methoxy groups -OCH3 is 1. The highest BCUT2D eigenvalue weighted by Crippen LogP contribution is 2.30. The van der Waals surface area contributed by atoms with Crippen LogP contribution in [0.25, 0.3) is 0 Å². The van der Waals surface area contributed by atoms with Crippen LogP contribution in [0, 0.1) is 17.0 Å². The summed E-state index contributed by atoms with van der Waals surface area (Å²) in [5, 5.41) is 17.9. The molecular formula is C19H18N4O5. The molecule has 1 aromatic heterocycles. The molecule has 28 heavy (non-hydrogen) atoms. The summed E-state index contributed by atoms with van der Waals surface area (Å²) in [6.45, 7) is 1.86. The standard InChI is InChI=1S/C19H18N4O5/c1-13-10-20-22(11-13)12-19(24)21-14-7-15(23(25)26)9-18(8-14)28-17-5-3-16(27-2)4-6-17/h3-11H,12H2,1-2H3,(H,21,24). The number of nitro benzene ring substituents is 1. The SMILES string of the molecule is COc1ccc(Oc2cc(NC(=O)Cn3cc(C)cn3)cc([N+](=O)[O-])c2)cc1. The molecule has 0 bridgehead atoms. The maximum atomic E-state index is 12.2. The molecule has 1 heterocycles. The van der Waals surface area contributed by atoms with Crippen LogP contribution in [0.15, 0.2) is 54.9 Å². The first-order valence-corrected chi connectivity index (χ1v) is 8.33. The molecule has 0 fully saturated rings. The number of rotatable bonds is 7. The van der Waals surface area contributed by atoms with Gasteiger partial charge in [-0.1, -0.05) is 0 Å². The predicted molar refractivity (Wildman–Crippen MR) is 102 cm³/mol. The third-order valence-corrected chi connectivity index (χ3v) is 3.75. The number of ether oxygens (including phenoxy) is 2. The van der Waals surface area contributed by atoms with Gasteiger partial charge in [-0.3, -0.25) is 19.6 Å². The molecule has 0 aliphatic rings. The number of aromatic nitrogens is 2. The van der Waals surface area contributed by atoms with E-state index < -0.39 is 4.92 Å². The fraction of sp³-hybridized carbons (Fsp3) is 0.158. The van der Waals surface area contributed by atoms with Crippen LogP contribution in [-0.2, 0) is 11.3 Å². The highest BCUT2D eigenvalue weighted by Gasteiger charge is 2.14. The maximum Gasteiger partial charge on any atom is 0.275 e. The van der Waals surface area contributed by atoms with Crippen molar-refractivity contribution in [2.24, 2.45) is 0 Å². The summed E-state index contributed by atoms with van der Waals surface area (Å²) in [5.41, 5.74) is 0.987. The fourth-order valence-electron chi connectivity index (χ4n) is 2.50. The van der Waals surface area contributed by atoms with E-state index in [4.69, 9.17) is 9.47 Å². The molecule has 0 saturated carbocycles. The van der Waals surface area contributed by atoms with Crippen molar-refractivity contribution in [1.82, 2.24) is 9.78 Å². The maximum absolute atomic E-state index is 12.2. The van der Waals surface area contributed by atoms with E-state index in [0.29, 0.717) is 11.5 Å².